The first kappa shape index (κ1) is 29.4. The Morgan fingerprint density at radius 1 is 1.20 bits per heavy atom. The van der Waals surface area contributed by atoms with Gasteiger partial charge in [0.05, 0.1) is 39.6 Å². The number of ether oxygens (including phenoxy) is 2. The normalized spacial score (nSPS) is 15.1. The van der Waals surface area contributed by atoms with Crippen molar-refractivity contribution in [1.29, 1.82) is 0 Å². The number of thiazole rings is 1. The molecule has 0 aliphatic carbocycles. The Morgan fingerprint density at radius 2 is 2.00 bits per heavy atom. The van der Waals surface area contributed by atoms with Crippen LogP contribution in [-0.2, 0) is 9.53 Å². The van der Waals surface area contributed by atoms with Crippen molar-refractivity contribution in [3.8, 4) is 17.1 Å². The SMILES string of the molecule is CCCC1=C(C(=O)OCC)[C@@H](c2cc(Br)ccc2OC)n2c(s/c(=C/c3ccc(-c4cccc(Cl)c4Cl)o3)c2=O)=N1. The molecule has 41 heavy (non-hydrogen) atoms. The monoisotopic (exact) mass is 674 g/mol. The summed E-state index contributed by atoms with van der Waals surface area (Å²) < 4.78 is 19.9. The van der Waals surface area contributed by atoms with E-state index < -0.39 is 12.0 Å². The summed E-state index contributed by atoms with van der Waals surface area (Å²) in [5, 5.41) is 0.797. The Kier molecular flexibility index (Phi) is 8.89. The maximum absolute atomic E-state index is 14.0. The van der Waals surface area contributed by atoms with Crippen molar-refractivity contribution in [1.82, 2.24) is 4.57 Å². The van der Waals surface area contributed by atoms with Crippen molar-refractivity contribution >= 4 is 62.5 Å². The topological polar surface area (TPSA) is 83.0 Å². The smallest absolute Gasteiger partial charge is 0.338 e. The summed E-state index contributed by atoms with van der Waals surface area (Å²) in [4.78, 5) is 32.7. The molecule has 0 bridgehead atoms. The average molecular weight is 676 g/mol. The molecule has 0 N–H and O–H groups in total. The summed E-state index contributed by atoms with van der Waals surface area (Å²) >= 11 is 17.3. The van der Waals surface area contributed by atoms with Crippen molar-refractivity contribution < 1.29 is 18.7 Å². The fourth-order valence-corrected chi connectivity index (χ4v) is 6.50. The highest BCUT2D eigenvalue weighted by Gasteiger charge is 2.36. The highest BCUT2D eigenvalue weighted by Crippen LogP contribution is 2.38. The van der Waals surface area contributed by atoms with Crippen LogP contribution in [0.25, 0.3) is 17.4 Å². The number of furan rings is 1. The minimum Gasteiger partial charge on any atom is -0.496 e. The molecule has 0 radical (unpaired) electrons. The fraction of sp³-hybridized carbons (Fsp3) is 0.233. The molecule has 3 heterocycles. The van der Waals surface area contributed by atoms with Crippen LogP contribution in [0.2, 0.25) is 10.0 Å². The third kappa shape index (κ3) is 5.68. The van der Waals surface area contributed by atoms with Gasteiger partial charge in [-0.05, 0) is 55.8 Å². The number of aromatic nitrogens is 1. The maximum Gasteiger partial charge on any atom is 0.338 e. The maximum atomic E-state index is 14.0. The number of hydrogen-bond acceptors (Lipinski definition) is 7. The minimum absolute atomic E-state index is 0.186. The Morgan fingerprint density at radius 3 is 2.73 bits per heavy atom. The summed E-state index contributed by atoms with van der Waals surface area (Å²) in [5.74, 6) is 0.982. The Labute approximate surface area is 258 Å². The number of benzene rings is 2. The highest BCUT2D eigenvalue weighted by atomic mass is 79.9. The summed E-state index contributed by atoms with van der Waals surface area (Å²) in [6.07, 6.45) is 2.95. The Balaban J connectivity index is 1.72. The van der Waals surface area contributed by atoms with Crippen LogP contribution in [0.15, 0.2) is 78.5 Å². The van der Waals surface area contributed by atoms with E-state index in [4.69, 9.17) is 42.1 Å². The predicted octanol–water partition coefficient (Wildman–Crippen LogP) is 6.92. The second-order valence-corrected chi connectivity index (χ2v) is 11.8. The molecular formula is C30H25BrCl2N2O5S. The average Bonchev–Trinajstić information content (AvgIpc) is 3.54. The van der Waals surface area contributed by atoms with E-state index in [0.717, 1.165) is 10.9 Å². The molecule has 5 rings (SSSR count). The zero-order chi connectivity index (χ0) is 29.3. The first-order valence-electron chi connectivity index (χ1n) is 12.9. The van der Waals surface area contributed by atoms with Gasteiger partial charge in [-0.2, -0.15) is 0 Å². The number of esters is 1. The molecule has 0 saturated heterocycles. The van der Waals surface area contributed by atoms with Gasteiger partial charge < -0.3 is 13.9 Å². The van der Waals surface area contributed by atoms with Crippen LogP contribution in [0.1, 0.15) is 44.1 Å². The van der Waals surface area contributed by atoms with Crippen LogP contribution >= 0.6 is 50.5 Å². The lowest BCUT2D eigenvalue weighted by Gasteiger charge is -2.27. The van der Waals surface area contributed by atoms with Gasteiger partial charge in [0.15, 0.2) is 4.80 Å². The van der Waals surface area contributed by atoms with Crippen molar-refractivity contribution in [3.63, 3.8) is 0 Å². The molecule has 0 unspecified atom stereocenters. The highest BCUT2D eigenvalue weighted by molar-refractivity contribution is 9.10. The Hall–Kier alpha value is -3.11. The largest absolute Gasteiger partial charge is 0.496 e. The van der Waals surface area contributed by atoms with E-state index in [9.17, 15) is 9.59 Å². The van der Waals surface area contributed by atoms with E-state index in [1.165, 1.54) is 15.9 Å². The second kappa shape index (κ2) is 12.4. The fourth-order valence-electron chi connectivity index (χ4n) is 4.73. The van der Waals surface area contributed by atoms with E-state index in [2.05, 4.69) is 15.9 Å². The molecule has 4 aromatic rings. The number of methoxy groups -OCH3 is 1. The van der Waals surface area contributed by atoms with E-state index in [1.54, 1.807) is 50.4 Å². The minimum atomic E-state index is -0.807. The molecule has 0 fully saturated rings. The molecule has 0 spiro atoms. The first-order chi connectivity index (χ1) is 19.8. The van der Waals surface area contributed by atoms with Gasteiger partial charge in [-0.3, -0.25) is 9.36 Å². The number of halogens is 3. The molecule has 11 heteroatoms. The number of carbonyl (C=O) groups excluding carboxylic acids is 1. The summed E-state index contributed by atoms with van der Waals surface area (Å²) in [7, 11) is 1.55. The number of rotatable bonds is 8. The molecule has 2 aromatic carbocycles. The number of hydrogen-bond donors (Lipinski definition) is 0. The van der Waals surface area contributed by atoms with Gasteiger partial charge in [-0.25, -0.2) is 9.79 Å². The van der Waals surface area contributed by atoms with E-state index in [1.807, 2.05) is 25.1 Å². The summed E-state index contributed by atoms with van der Waals surface area (Å²) in [5.41, 5.74) is 1.86. The van der Waals surface area contributed by atoms with Crippen LogP contribution in [0, 0.1) is 0 Å². The Bertz CT molecular complexity index is 1860. The van der Waals surface area contributed by atoms with Gasteiger partial charge in [0.1, 0.15) is 23.3 Å². The summed E-state index contributed by atoms with van der Waals surface area (Å²) in [6, 6.07) is 13.5. The van der Waals surface area contributed by atoms with Gasteiger partial charge in [0.25, 0.3) is 5.56 Å². The molecule has 0 amide bonds. The molecule has 212 valence electrons. The quantitative estimate of drug-likeness (QED) is 0.190. The molecule has 7 nitrogen and oxygen atoms in total. The van der Waals surface area contributed by atoms with Crippen LogP contribution in [0.5, 0.6) is 5.75 Å². The van der Waals surface area contributed by atoms with Crippen LogP contribution in [0.4, 0.5) is 0 Å². The molecule has 0 saturated carbocycles. The number of carbonyl (C=O) groups is 1. The van der Waals surface area contributed by atoms with Crippen molar-refractivity contribution in [2.24, 2.45) is 4.99 Å². The second-order valence-electron chi connectivity index (χ2n) is 9.10. The standard InChI is InChI=1S/C30H25BrCl2N2O5S/c1-4-7-21-25(29(37)39-5-2)27(19-14-16(31)10-12-22(19)38-3)35-28(36)24(41-30(35)34-21)15-17-11-13-23(40-17)18-8-6-9-20(32)26(18)33/h6,8-15,27H,4-5,7H2,1-3H3/b24-15+/t27-/m1/s1. The lowest BCUT2D eigenvalue weighted by atomic mass is 9.93. The lowest BCUT2D eigenvalue weighted by Crippen LogP contribution is -2.40. The van der Waals surface area contributed by atoms with E-state index in [-0.39, 0.29) is 12.2 Å². The molecule has 1 aliphatic rings. The van der Waals surface area contributed by atoms with Gasteiger partial charge >= 0.3 is 5.97 Å². The predicted molar refractivity (Wildman–Crippen MR) is 164 cm³/mol. The van der Waals surface area contributed by atoms with Crippen molar-refractivity contribution in [3.05, 3.63) is 105 Å². The zero-order valence-electron chi connectivity index (χ0n) is 22.4. The van der Waals surface area contributed by atoms with Crippen molar-refractivity contribution in [2.75, 3.05) is 13.7 Å². The van der Waals surface area contributed by atoms with Gasteiger partial charge in [0.2, 0.25) is 0 Å². The number of fused-ring (bicyclic) bond motifs is 1. The van der Waals surface area contributed by atoms with Gasteiger partial charge in [-0.15, -0.1) is 0 Å². The van der Waals surface area contributed by atoms with Crippen LogP contribution in [-0.4, -0.2) is 24.3 Å². The summed E-state index contributed by atoms with van der Waals surface area (Å²) in [6.45, 7) is 3.94. The first-order valence-corrected chi connectivity index (χ1v) is 15.2. The van der Waals surface area contributed by atoms with E-state index in [0.29, 0.717) is 65.5 Å². The molecular weight excluding hydrogens is 651 g/mol. The van der Waals surface area contributed by atoms with E-state index >= 15 is 0 Å². The van der Waals surface area contributed by atoms with Gasteiger partial charge in [-0.1, -0.05) is 69.9 Å². The zero-order valence-corrected chi connectivity index (χ0v) is 26.3. The lowest BCUT2D eigenvalue weighted by molar-refractivity contribution is -0.139. The van der Waals surface area contributed by atoms with Crippen LogP contribution < -0.4 is 19.6 Å². The van der Waals surface area contributed by atoms with Crippen LogP contribution in [0.3, 0.4) is 0 Å². The molecule has 1 atom stereocenters. The number of allylic oxidation sites excluding steroid dienone is 1. The van der Waals surface area contributed by atoms with Gasteiger partial charge in [0, 0.05) is 21.7 Å². The molecule has 1 aliphatic heterocycles. The molecule has 2 aromatic heterocycles. The third-order valence-electron chi connectivity index (χ3n) is 6.50. The van der Waals surface area contributed by atoms with Crippen molar-refractivity contribution in [2.45, 2.75) is 32.7 Å². The third-order valence-corrected chi connectivity index (χ3v) is 8.79. The number of nitrogens with zero attached hydrogens (tertiary/aromatic N) is 2.